The highest BCUT2D eigenvalue weighted by atomic mass is 32.2. The minimum Gasteiger partial charge on any atom is -0.381 e. The van der Waals surface area contributed by atoms with Crippen LogP contribution in [0.3, 0.4) is 0 Å². The Labute approximate surface area is 105 Å². The monoisotopic (exact) mass is 273 g/mol. The maximum Gasteiger partial charge on any atom is 0.328 e. The van der Waals surface area contributed by atoms with E-state index in [-0.39, 0.29) is 16.8 Å². The summed E-state index contributed by atoms with van der Waals surface area (Å²) in [4.78, 5) is 11.2. The first-order chi connectivity index (χ1) is 8.42. The molecule has 1 aliphatic carbocycles. The molecule has 0 radical (unpaired) electrons. The molecule has 0 unspecified atom stereocenters. The third kappa shape index (κ3) is 2.73. The number of aromatic nitrogens is 2. The average molecular weight is 273 g/mol. The quantitative estimate of drug-likeness (QED) is 0.692. The van der Waals surface area contributed by atoms with E-state index in [2.05, 4.69) is 10.4 Å². The summed E-state index contributed by atoms with van der Waals surface area (Å²) in [6.45, 7) is 2.30. The zero-order chi connectivity index (χ0) is 13.3. The summed E-state index contributed by atoms with van der Waals surface area (Å²) >= 11 is 0. The summed E-state index contributed by atoms with van der Waals surface area (Å²) in [5.74, 6) is -0.122. The van der Waals surface area contributed by atoms with Gasteiger partial charge in [-0.3, -0.25) is 4.68 Å². The molecule has 0 saturated heterocycles. The van der Waals surface area contributed by atoms with Crippen LogP contribution in [0.2, 0.25) is 0 Å². The van der Waals surface area contributed by atoms with E-state index in [9.17, 15) is 13.2 Å². The first kappa shape index (κ1) is 12.7. The molecule has 18 heavy (non-hydrogen) atoms. The van der Waals surface area contributed by atoms with Gasteiger partial charge in [-0.2, -0.15) is 5.10 Å². The smallest absolute Gasteiger partial charge is 0.328 e. The SMILES string of the molecule is CCn1cc(S(=O)(=O)NC(=O)NC2CC2)c(N)n1. The number of sulfonamides is 1. The van der Waals surface area contributed by atoms with Crippen LogP contribution in [-0.4, -0.2) is 30.3 Å². The molecular formula is C9H15N5O3S. The minimum absolute atomic E-state index is 0.0795. The first-order valence-corrected chi connectivity index (χ1v) is 7.07. The normalized spacial score (nSPS) is 15.4. The van der Waals surface area contributed by atoms with Crippen LogP contribution >= 0.6 is 0 Å². The summed E-state index contributed by atoms with van der Waals surface area (Å²) in [5, 5.41) is 6.34. The van der Waals surface area contributed by atoms with Gasteiger partial charge >= 0.3 is 6.03 Å². The minimum atomic E-state index is -3.97. The number of anilines is 1. The van der Waals surface area contributed by atoms with Gasteiger partial charge in [0, 0.05) is 18.8 Å². The Kier molecular flexibility index (Phi) is 3.16. The van der Waals surface area contributed by atoms with Crippen LogP contribution in [0.4, 0.5) is 10.6 Å². The predicted molar refractivity (Wildman–Crippen MR) is 64.2 cm³/mol. The van der Waals surface area contributed by atoms with Gasteiger partial charge in [0.05, 0.1) is 0 Å². The number of carbonyl (C=O) groups is 1. The topological polar surface area (TPSA) is 119 Å². The molecule has 1 aliphatic rings. The molecule has 1 aromatic rings. The number of nitrogens with one attached hydrogen (secondary N) is 2. The van der Waals surface area contributed by atoms with Gasteiger partial charge in [0.15, 0.2) is 5.82 Å². The summed E-state index contributed by atoms with van der Waals surface area (Å²) < 4.78 is 27.1. The molecule has 2 amide bonds. The number of carbonyl (C=O) groups excluding carboxylic acids is 1. The van der Waals surface area contributed by atoms with Crippen LogP contribution in [0, 0.1) is 0 Å². The van der Waals surface area contributed by atoms with Crippen LogP contribution in [0.5, 0.6) is 0 Å². The number of rotatable bonds is 4. The van der Waals surface area contributed by atoms with E-state index in [0.717, 1.165) is 12.8 Å². The van der Waals surface area contributed by atoms with E-state index in [1.165, 1.54) is 10.9 Å². The van der Waals surface area contributed by atoms with Crippen LogP contribution in [0.15, 0.2) is 11.1 Å². The van der Waals surface area contributed by atoms with Gasteiger partial charge < -0.3 is 11.1 Å². The lowest BCUT2D eigenvalue weighted by molar-refractivity contribution is 0.245. The average Bonchev–Trinajstić information content (AvgIpc) is 2.97. The molecule has 0 bridgehead atoms. The van der Waals surface area contributed by atoms with Crippen molar-refractivity contribution < 1.29 is 13.2 Å². The van der Waals surface area contributed by atoms with E-state index in [1.54, 1.807) is 6.92 Å². The second kappa shape index (κ2) is 4.48. The first-order valence-electron chi connectivity index (χ1n) is 5.58. The number of hydrogen-bond donors (Lipinski definition) is 3. The van der Waals surface area contributed by atoms with Gasteiger partial charge in [-0.15, -0.1) is 0 Å². The highest BCUT2D eigenvalue weighted by molar-refractivity contribution is 7.90. The Bertz CT molecular complexity index is 561. The number of nitrogens with two attached hydrogens (primary N) is 1. The Morgan fingerprint density at radius 3 is 2.78 bits per heavy atom. The molecule has 0 aromatic carbocycles. The summed E-state index contributed by atoms with van der Waals surface area (Å²) in [6, 6.07) is -0.655. The van der Waals surface area contributed by atoms with Crippen LogP contribution < -0.4 is 15.8 Å². The third-order valence-electron chi connectivity index (χ3n) is 2.51. The van der Waals surface area contributed by atoms with Gasteiger partial charge in [-0.25, -0.2) is 17.9 Å². The van der Waals surface area contributed by atoms with Crippen molar-refractivity contribution in [3.8, 4) is 0 Å². The number of nitrogens with zero attached hydrogens (tertiary/aromatic N) is 2. The highest BCUT2D eigenvalue weighted by Crippen LogP contribution is 2.19. The molecule has 0 aliphatic heterocycles. The number of amides is 2. The second-order valence-corrected chi connectivity index (χ2v) is 5.74. The lowest BCUT2D eigenvalue weighted by Gasteiger charge is -2.06. The van der Waals surface area contributed by atoms with Gasteiger partial charge in [0.2, 0.25) is 0 Å². The number of urea groups is 1. The fourth-order valence-electron chi connectivity index (χ4n) is 1.41. The fraction of sp³-hybridized carbons (Fsp3) is 0.556. The van der Waals surface area contributed by atoms with E-state index >= 15 is 0 Å². The van der Waals surface area contributed by atoms with E-state index in [0.29, 0.717) is 6.54 Å². The second-order valence-electron chi connectivity index (χ2n) is 4.09. The Morgan fingerprint density at radius 2 is 2.28 bits per heavy atom. The highest BCUT2D eigenvalue weighted by Gasteiger charge is 2.27. The number of aryl methyl sites for hydroxylation is 1. The Balaban J connectivity index is 2.13. The maximum absolute atomic E-state index is 11.9. The van der Waals surface area contributed by atoms with E-state index in [4.69, 9.17) is 5.73 Å². The van der Waals surface area contributed by atoms with E-state index < -0.39 is 16.1 Å². The van der Waals surface area contributed by atoms with Crippen molar-refractivity contribution in [1.82, 2.24) is 19.8 Å². The fourth-order valence-corrected chi connectivity index (χ4v) is 2.40. The molecule has 0 spiro atoms. The molecule has 1 heterocycles. The molecule has 1 saturated carbocycles. The maximum atomic E-state index is 11.9. The largest absolute Gasteiger partial charge is 0.381 e. The van der Waals surface area contributed by atoms with Gasteiger partial charge in [0.1, 0.15) is 4.90 Å². The zero-order valence-corrected chi connectivity index (χ0v) is 10.7. The number of hydrogen-bond acceptors (Lipinski definition) is 5. The molecule has 1 aromatic heterocycles. The van der Waals surface area contributed by atoms with Crippen molar-refractivity contribution >= 4 is 21.9 Å². The molecule has 9 heteroatoms. The lowest BCUT2D eigenvalue weighted by atomic mass is 10.6. The lowest BCUT2D eigenvalue weighted by Crippen LogP contribution is -2.40. The van der Waals surface area contributed by atoms with Crippen molar-refractivity contribution in [2.75, 3.05) is 5.73 Å². The molecule has 8 nitrogen and oxygen atoms in total. The van der Waals surface area contributed by atoms with Crippen LogP contribution in [0.25, 0.3) is 0 Å². The van der Waals surface area contributed by atoms with Crippen LogP contribution in [-0.2, 0) is 16.6 Å². The van der Waals surface area contributed by atoms with E-state index in [1.807, 2.05) is 4.72 Å². The van der Waals surface area contributed by atoms with Crippen molar-refractivity contribution in [3.63, 3.8) is 0 Å². The molecular weight excluding hydrogens is 258 g/mol. The summed E-state index contributed by atoms with van der Waals surface area (Å²) in [7, 11) is -3.97. The summed E-state index contributed by atoms with van der Waals surface area (Å²) in [6.07, 6.45) is 3.05. The Hall–Kier alpha value is -1.77. The van der Waals surface area contributed by atoms with Crippen LogP contribution in [0.1, 0.15) is 19.8 Å². The van der Waals surface area contributed by atoms with Gasteiger partial charge in [-0.05, 0) is 19.8 Å². The standard InChI is InChI=1S/C9H15N5O3S/c1-2-14-5-7(8(10)12-14)18(16,17)13-9(15)11-6-3-4-6/h5-6H,2-4H2,1H3,(H2,10,12)(H2,11,13,15). The third-order valence-corrected chi connectivity index (χ3v) is 3.86. The summed E-state index contributed by atoms with van der Waals surface area (Å²) in [5.41, 5.74) is 5.51. The predicted octanol–water partition coefficient (Wildman–Crippen LogP) is -0.364. The molecule has 0 atom stereocenters. The Morgan fingerprint density at radius 1 is 1.61 bits per heavy atom. The van der Waals surface area contributed by atoms with Crippen molar-refractivity contribution in [3.05, 3.63) is 6.20 Å². The molecule has 100 valence electrons. The van der Waals surface area contributed by atoms with Gasteiger partial charge in [0.25, 0.3) is 10.0 Å². The number of nitrogen functional groups attached to an aromatic ring is 1. The molecule has 4 N–H and O–H groups in total. The molecule has 1 fully saturated rings. The molecule has 2 rings (SSSR count). The van der Waals surface area contributed by atoms with Crippen molar-refractivity contribution in [2.24, 2.45) is 0 Å². The van der Waals surface area contributed by atoms with Crippen molar-refractivity contribution in [1.29, 1.82) is 0 Å². The van der Waals surface area contributed by atoms with Crippen molar-refractivity contribution in [2.45, 2.75) is 37.2 Å². The zero-order valence-electron chi connectivity index (χ0n) is 9.88. The van der Waals surface area contributed by atoms with Gasteiger partial charge in [-0.1, -0.05) is 0 Å².